The first kappa shape index (κ1) is 15.7. The summed E-state index contributed by atoms with van der Waals surface area (Å²) in [6, 6.07) is 8.64. The molecule has 0 heterocycles. The van der Waals surface area contributed by atoms with Crippen LogP contribution >= 0.6 is 0 Å². The average molecular weight is 262 g/mol. The Balaban J connectivity index is 2.47. The third-order valence-electron chi connectivity index (χ3n) is 3.38. The van der Waals surface area contributed by atoms with Gasteiger partial charge < -0.3 is 10.6 Å². The summed E-state index contributed by atoms with van der Waals surface area (Å²) in [5.41, 5.74) is 2.22. The van der Waals surface area contributed by atoms with Crippen molar-refractivity contribution < 1.29 is 4.79 Å². The van der Waals surface area contributed by atoms with E-state index in [0.717, 1.165) is 6.54 Å². The average Bonchev–Trinajstić information content (AvgIpc) is 2.38. The third-order valence-corrected chi connectivity index (χ3v) is 3.38. The van der Waals surface area contributed by atoms with Crippen LogP contribution in [0.3, 0.4) is 0 Å². The lowest BCUT2D eigenvalue weighted by Crippen LogP contribution is -2.41. The largest absolute Gasteiger partial charge is 0.359 e. The fourth-order valence-electron chi connectivity index (χ4n) is 1.96. The van der Waals surface area contributed by atoms with E-state index >= 15 is 0 Å². The number of carbonyl (C=O) groups is 1. The number of hydrogen-bond acceptors (Lipinski definition) is 2. The fraction of sp³-hybridized carbons (Fsp3) is 0.562. The Bertz CT molecular complexity index is 407. The molecule has 0 atom stereocenters. The Morgan fingerprint density at radius 1 is 1.21 bits per heavy atom. The van der Waals surface area contributed by atoms with Crippen LogP contribution in [0.25, 0.3) is 0 Å². The monoisotopic (exact) mass is 262 g/mol. The van der Waals surface area contributed by atoms with Gasteiger partial charge in [0.1, 0.15) is 0 Å². The van der Waals surface area contributed by atoms with Crippen molar-refractivity contribution in [3.05, 3.63) is 35.4 Å². The number of benzene rings is 1. The first-order chi connectivity index (χ1) is 8.86. The van der Waals surface area contributed by atoms with Gasteiger partial charge in [0, 0.05) is 20.1 Å². The van der Waals surface area contributed by atoms with Gasteiger partial charge in [-0.2, -0.15) is 0 Å². The zero-order chi connectivity index (χ0) is 14.5. The second kappa shape index (κ2) is 6.71. The summed E-state index contributed by atoms with van der Waals surface area (Å²) >= 11 is 0. The SMILES string of the molecule is CNC(=O)C(C)(C)CNCc1ccc(C(C)C)cc1. The summed E-state index contributed by atoms with van der Waals surface area (Å²) in [5.74, 6) is 0.629. The summed E-state index contributed by atoms with van der Waals surface area (Å²) in [6.07, 6.45) is 0. The Hall–Kier alpha value is -1.35. The molecule has 0 aliphatic carbocycles. The molecule has 0 saturated carbocycles. The van der Waals surface area contributed by atoms with Crippen LogP contribution in [0.15, 0.2) is 24.3 Å². The first-order valence-corrected chi connectivity index (χ1v) is 6.88. The molecule has 0 aliphatic heterocycles. The van der Waals surface area contributed by atoms with Gasteiger partial charge in [0.25, 0.3) is 0 Å². The standard InChI is InChI=1S/C16H26N2O/c1-12(2)14-8-6-13(7-9-14)10-18-11-16(3,4)15(19)17-5/h6-9,12,18H,10-11H2,1-5H3,(H,17,19). The molecule has 106 valence electrons. The van der Waals surface area contributed by atoms with Gasteiger partial charge in [0.2, 0.25) is 5.91 Å². The second-order valence-corrected chi connectivity index (χ2v) is 5.96. The number of carbonyl (C=O) groups excluding carboxylic acids is 1. The normalized spacial score (nSPS) is 11.7. The van der Waals surface area contributed by atoms with E-state index in [1.165, 1.54) is 11.1 Å². The predicted molar refractivity (Wildman–Crippen MR) is 80.1 cm³/mol. The van der Waals surface area contributed by atoms with Gasteiger partial charge in [0.15, 0.2) is 0 Å². The molecular formula is C16H26N2O. The molecule has 0 fully saturated rings. The second-order valence-electron chi connectivity index (χ2n) is 5.96. The van der Waals surface area contributed by atoms with E-state index < -0.39 is 0 Å². The Kier molecular flexibility index (Phi) is 5.55. The van der Waals surface area contributed by atoms with E-state index in [1.807, 2.05) is 13.8 Å². The van der Waals surface area contributed by atoms with Gasteiger partial charge in [-0.15, -0.1) is 0 Å². The van der Waals surface area contributed by atoms with E-state index in [2.05, 4.69) is 48.7 Å². The molecule has 0 unspecified atom stereocenters. The van der Waals surface area contributed by atoms with Crippen LogP contribution in [0.1, 0.15) is 44.7 Å². The summed E-state index contributed by atoms with van der Waals surface area (Å²) < 4.78 is 0. The summed E-state index contributed by atoms with van der Waals surface area (Å²) in [6.45, 7) is 9.73. The van der Waals surface area contributed by atoms with E-state index in [0.29, 0.717) is 12.5 Å². The predicted octanol–water partition coefficient (Wildman–Crippen LogP) is 2.67. The minimum atomic E-state index is -0.382. The quantitative estimate of drug-likeness (QED) is 0.827. The van der Waals surface area contributed by atoms with Crippen LogP contribution in [0.2, 0.25) is 0 Å². The van der Waals surface area contributed by atoms with E-state index in [9.17, 15) is 4.79 Å². The highest BCUT2D eigenvalue weighted by Crippen LogP contribution is 2.16. The van der Waals surface area contributed by atoms with Crippen LogP contribution in [-0.4, -0.2) is 19.5 Å². The van der Waals surface area contributed by atoms with Gasteiger partial charge in [0.05, 0.1) is 5.41 Å². The van der Waals surface area contributed by atoms with Gasteiger partial charge in [-0.3, -0.25) is 4.79 Å². The molecule has 0 radical (unpaired) electrons. The molecule has 0 aliphatic rings. The summed E-state index contributed by atoms with van der Waals surface area (Å²) in [7, 11) is 1.68. The smallest absolute Gasteiger partial charge is 0.226 e. The number of amides is 1. The fourth-order valence-corrected chi connectivity index (χ4v) is 1.96. The van der Waals surface area contributed by atoms with Crippen molar-refractivity contribution >= 4 is 5.91 Å². The van der Waals surface area contributed by atoms with Crippen molar-refractivity contribution in [3.8, 4) is 0 Å². The van der Waals surface area contributed by atoms with Crippen molar-refractivity contribution in [2.45, 2.75) is 40.2 Å². The molecule has 3 heteroatoms. The molecule has 3 nitrogen and oxygen atoms in total. The van der Waals surface area contributed by atoms with Gasteiger partial charge in [-0.25, -0.2) is 0 Å². The van der Waals surface area contributed by atoms with Crippen LogP contribution in [0, 0.1) is 5.41 Å². The maximum absolute atomic E-state index is 11.6. The van der Waals surface area contributed by atoms with E-state index in [1.54, 1.807) is 7.05 Å². The van der Waals surface area contributed by atoms with Gasteiger partial charge in [-0.05, 0) is 30.9 Å². The molecule has 1 rings (SSSR count). The molecule has 0 bridgehead atoms. The molecule has 0 spiro atoms. The molecule has 1 aromatic carbocycles. The van der Waals surface area contributed by atoms with Crippen molar-refractivity contribution in [1.29, 1.82) is 0 Å². The van der Waals surface area contributed by atoms with E-state index in [-0.39, 0.29) is 11.3 Å². The highest BCUT2D eigenvalue weighted by atomic mass is 16.2. The highest BCUT2D eigenvalue weighted by Gasteiger charge is 2.25. The van der Waals surface area contributed by atoms with Crippen molar-refractivity contribution in [2.75, 3.05) is 13.6 Å². The lowest BCUT2D eigenvalue weighted by Gasteiger charge is -2.23. The lowest BCUT2D eigenvalue weighted by atomic mass is 9.92. The van der Waals surface area contributed by atoms with Gasteiger partial charge in [-0.1, -0.05) is 38.1 Å². The maximum atomic E-state index is 11.6. The first-order valence-electron chi connectivity index (χ1n) is 6.88. The maximum Gasteiger partial charge on any atom is 0.226 e. The summed E-state index contributed by atoms with van der Waals surface area (Å²) in [5, 5.41) is 6.04. The Labute approximate surface area is 116 Å². The zero-order valence-corrected chi connectivity index (χ0v) is 12.7. The topological polar surface area (TPSA) is 41.1 Å². The van der Waals surface area contributed by atoms with Gasteiger partial charge >= 0.3 is 0 Å². The number of nitrogens with one attached hydrogen (secondary N) is 2. The minimum Gasteiger partial charge on any atom is -0.359 e. The molecule has 1 aromatic rings. The number of hydrogen-bond donors (Lipinski definition) is 2. The lowest BCUT2D eigenvalue weighted by molar-refractivity contribution is -0.128. The minimum absolute atomic E-state index is 0.0650. The van der Waals surface area contributed by atoms with Crippen LogP contribution < -0.4 is 10.6 Å². The van der Waals surface area contributed by atoms with Crippen molar-refractivity contribution in [2.24, 2.45) is 5.41 Å². The molecule has 2 N–H and O–H groups in total. The van der Waals surface area contributed by atoms with Crippen molar-refractivity contribution in [3.63, 3.8) is 0 Å². The molecule has 0 saturated heterocycles. The van der Waals surface area contributed by atoms with Crippen molar-refractivity contribution in [1.82, 2.24) is 10.6 Å². The van der Waals surface area contributed by atoms with Crippen LogP contribution in [-0.2, 0) is 11.3 Å². The van der Waals surface area contributed by atoms with Crippen LogP contribution in [0.5, 0.6) is 0 Å². The molecular weight excluding hydrogens is 236 g/mol. The Morgan fingerprint density at radius 2 is 1.79 bits per heavy atom. The Morgan fingerprint density at radius 3 is 2.26 bits per heavy atom. The third kappa shape index (κ3) is 4.67. The van der Waals surface area contributed by atoms with E-state index in [4.69, 9.17) is 0 Å². The highest BCUT2D eigenvalue weighted by molar-refractivity contribution is 5.81. The molecule has 1 amide bonds. The number of rotatable bonds is 6. The van der Waals surface area contributed by atoms with Crippen LogP contribution in [0.4, 0.5) is 0 Å². The zero-order valence-electron chi connectivity index (χ0n) is 12.7. The molecule has 19 heavy (non-hydrogen) atoms. The molecule has 0 aromatic heterocycles. The summed E-state index contributed by atoms with van der Waals surface area (Å²) in [4.78, 5) is 11.6.